The molecule has 0 saturated carbocycles. The highest BCUT2D eigenvalue weighted by Gasteiger charge is 2.49. The average Bonchev–Trinajstić information content (AvgIpc) is 3.25. The summed E-state index contributed by atoms with van der Waals surface area (Å²) in [5.41, 5.74) is 0.742. The van der Waals surface area contributed by atoms with E-state index < -0.39 is 11.6 Å². The third kappa shape index (κ3) is 2.78. The molecular formula is C19H16ClFN4O. The molecule has 2 aliphatic rings. The summed E-state index contributed by atoms with van der Waals surface area (Å²) in [6.07, 6.45) is 4.25. The number of hydrogen-bond acceptors (Lipinski definition) is 4. The smallest absolute Gasteiger partial charge is 0.267 e. The number of alkyl halides is 1. The molecule has 0 spiro atoms. The number of benzene rings is 1. The molecule has 1 unspecified atom stereocenters. The molecule has 4 rings (SSSR count). The highest BCUT2D eigenvalue weighted by molar-refractivity contribution is 6.30. The van der Waals surface area contributed by atoms with E-state index in [1.807, 2.05) is 30.5 Å². The van der Waals surface area contributed by atoms with E-state index in [9.17, 15) is 4.79 Å². The van der Waals surface area contributed by atoms with Gasteiger partial charge in [0.2, 0.25) is 5.67 Å². The average molecular weight is 371 g/mol. The van der Waals surface area contributed by atoms with Crippen molar-refractivity contribution >= 4 is 23.3 Å². The van der Waals surface area contributed by atoms with Crippen LogP contribution in [0.3, 0.4) is 0 Å². The Balaban J connectivity index is 1.61. The van der Waals surface area contributed by atoms with Gasteiger partial charge >= 0.3 is 0 Å². The van der Waals surface area contributed by atoms with Crippen LogP contribution in [0.25, 0.3) is 11.1 Å². The minimum Gasteiger partial charge on any atom is -0.307 e. The van der Waals surface area contributed by atoms with Gasteiger partial charge < -0.3 is 4.90 Å². The van der Waals surface area contributed by atoms with Gasteiger partial charge in [-0.15, -0.1) is 0 Å². The lowest BCUT2D eigenvalue weighted by Gasteiger charge is -2.25. The van der Waals surface area contributed by atoms with Crippen molar-refractivity contribution in [1.82, 2.24) is 9.88 Å². The van der Waals surface area contributed by atoms with Crippen LogP contribution in [-0.4, -0.2) is 41.1 Å². The van der Waals surface area contributed by atoms with Crippen molar-refractivity contribution in [3.8, 4) is 17.3 Å². The lowest BCUT2D eigenvalue weighted by molar-refractivity contribution is -0.129. The molecule has 2 aromatic rings. The number of halogens is 2. The third-order valence-corrected chi connectivity index (χ3v) is 5.19. The van der Waals surface area contributed by atoms with Crippen LogP contribution >= 0.6 is 11.6 Å². The van der Waals surface area contributed by atoms with E-state index in [0.717, 1.165) is 16.7 Å². The number of fused-ring (bicyclic) bond motifs is 1. The van der Waals surface area contributed by atoms with Crippen molar-refractivity contribution in [1.29, 1.82) is 5.26 Å². The highest BCUT2D eigenvalue weighted by atomic mass is 35.5. The number of nitrogens with zero attached hydrogens (tertiary/aromatic N) is 4. The second-order valence-electron chi connectivity index (χ2n) is 6.66. The summed E-state index contributed by atoms with van der Waals surface area (Å²) in [4.78, 5) is 19.9. The second-order valence-corrected chi connectivity index (χ2v) is 7.10. The lowest BCUT2D eigenvalue weighted by atomic mass is 10.0. The number of carbonyl (C=O) groups is 1. The Morgan fingerprint density at radius 1 is 1.31 bits per heavy atom. The largest absolute Gasteiger partial charge is 0.307 e. The summed E-state index contributed by atoms with van der Waals surface area (Å²) < 4.78 is 15.1. The van der Waals surface area contributed by atoms with Crippen molar-refractivity contribution in [2.24, 2.45) is 0 Å². The number of anilines is 1. The first kappa shape index (κ1) is 16.8. The summed E-state index contributed by atoms with van der Waals surface area (Å²) in [5, 5.41) is 9.57. The Bertz CT molecular complexity index is 928. The van der Waals surface area contributed by atoms with Crippen LogP contribution in [0, 0.1) is 11.5 Å². The Morgan fingerprint density at radius 3 is 2.88 bits per heavy atom. The predicted octanol–water partition coefficient (Wildman–Crippen LogP) is 3.19. The second kappa shape index (κ2) is 6.26. The maximum Gasteiger partial charge on any atom is 0.267 e. The fourth-order valence-electron chi connectivity index (χ4n) is 3.57. The molecule has 0 N–H and O–H groups in total. The van der Waals surface area contributed by atoms with Gasteiger partial charge in [-0.05, 0) is 35.7 Å². The monoisotopic (exact) mass is 370 g/mol. The number of aromatic nitrogens is 1. The first-order chi connectivity index (χ1) is 12.5. The molecule has 2 aliphatic heterocycles. The number of pyridine rings is 1. The van der Waals surface area contributed by atoms with Gasteiger partial charge in [-0.3, -0.25) is 9.69 Å². The zero-order valence-corrected chi connectivity index (χ0v) is 14.7. The van der Waals surface area contributed by atoms with Gasteiger partial charge in [-0.2, -0.15) is 5.26 Å². The first-order valence-corrected chi connectivity index (χ1v) is 8.78. The minimum atomic E-state index is -2.02. The van der Waals surface area contributed by atoms with E-state index in [0.29, 0.717) is 23.8 Å². The van der Waals surface area contributed by atoms with Crippen molar-refractivity contribution in [3.63, 3.8) is 0 Å². The molecular weight excluding hydrogens is 355 g/mol. The minimum absolute atomic E-state index is 0.0336. The fraction of sp³-hybridized carbons (Fsp3) is 0.316. The van der Waals surface area contributed by atoms with Gasteiger partial charge in [0.05, 0.1) is 6.54 Å². The van der Waals surface area contributed by atoms with Gasteiger partial charge in [0.15, 0.2) is 6.19 Å². The topological polar surface area (TPSA) is 60.2 Å². The number of nitriles is 1. The molecule has 26 heavy (non-hydrogen) atoms. The van der Waals surface area contributed by atoms with Crippen molar-refractivity contribution in [3.05, 3.63) is 47.1 Å². The Morgan fingerprint density at radius 2 is 2.15 bits per heavy atom. The Labute approximate surface area is 155 Å². The Hall–Kier alpha value is -2.65. The highest BCUT2D eigenvalue weighted by Crippen LogP contribution is 2.35. The van der Waals surface area contributed by atoms with Gasteiger partial charge in [0.1, 0.15) is 5.82 Å². The van der Waals surface area contributed by atoms with Crippen LogP contribution in [-0.2, 0) is 11.2 Å². The van der Waals surface area contributed by atoms with E-state index >= 15 is 4.39 Å². The zero-order chi connectivity index (χ0) is 18.3. The van der Waals surface area contributed by atoms with Crippen molar-refractivity contribution in [2.45, 2.75) is 18.5 Å². The summed E-state index contributed by atoms with van der Waals surface area (Å²) in [6.45, 7) is 0.480. The quantitative estimate of drug-likeness (QED) is 0.762. The normalized spacial score (nSPS) is 21.6. The van der Waals surface area contributed by atoms with Crippen LogP contribution in [0.4, 0.5) is 10.2 Å². The molecule has 0 aliphatic carbocycles. The standard InChI is InChI=1S/C19H16ClFN4O/c20-16-3-1-2-13(9-16)15-8-14-4-6-25(17(14)23-10-15)18(26)19(21)5-7-24(11-19)12-22/h1-3,8-10H,4-7,11H2. The van der Waals surface area contributed by atoms with Crippen LogP contribution < -0.4 is 4.90 Å². The van der Waals surface area contributed by atoms with Gasteiger partial charge in [-0.25, -0.2) is 9.37 Å². The molecule has 1 saturated heterocycles. The molecule has 7 heteroatoms. The predicted molar refractivity (Wildman–Crippen MR) is 96.4 cm³/mol. The SMILES string of the molecule is N#CN1CCC(F)(C(=O)N2CCc3cc(-c4cccc(Cl)c4)cnc32)C1. The van der Waals surface area contributed by atoms with E-state index in [2.05, 4.69) is 4.98 Å². The van der Waals surface area contributed by atoms with E-state index in [1.165, 1.54) is 9.80 Å². The first-order valence-electron chi connectivity index (χ1n) is 8.41. The van der Waals surface area contributed by atoms with E-state index in [4.69, 9.17) is 16.9 Å². The van der Waals surface area contributed by atoms with Crippen LogP contribution in [0.15, 0.2) is 36.5 Å². The molecule has 1 aromatic carbocycles. The number of likely N-dealkylation sites (tertiary alicyclic amines) is 1. The Kier molecular flexibility index (Phi) is 4.04. The zero-order valence-electron chi connectivity index (χ0n) is 14.0. The van der Waals surface area contributed by atoms with E-state index in [1.54, 1.807) is 12.3 Å². The van der Waals surface area contributed by atoms with Gasteiger partial charge in [0.25, 0.3) is 5.91 Å². The van der Waals surface area contributed by atoms with Crippen LogP contribution in [0.1, 0.15) is 12.0 Å². The molecule has 1 atom stereocenters. The maximum absolute atomic E-state index is 15.1. The lowest BCUT2D eigenvalue weighted by Crippen LogP contribution is -2.47. The van der Waals surface area contributed by atoms with Crippen LogP contribution in [0.2, 0.25) is 5.02 Å². The number of carbonyl (C=O) groups excluding carboxylic acids is 1. The molecule has 132 valence electrons. The van der Waals surface area contributed by atoms with Crippen molar-refractivity contribution < 1.29 is 9.18 Å². The fourth-order valence-corrected chi connectivity index (χ4v) is 3.76. The maximum atomic E-state index is 15.1. The third-order valence-electron chi connectivity index (χ3n) is 4.95. The van der Waals surface area contributed by atoms with Crippen molar-refractivity contribution in [2.75, 3.05) is 24.5 Å². The molecule has 1 amide bonds. The van der Waals surface area contributed by atoms with E-state index in [-0.39, 0.29) is 19.5 Å². The number of rotatable bonds is 2. The summed E-state index contributed by atoms with van der Waals surface area (Å²) >= 11 is 6.05. The molecule has 1 fully saturated rings. The number of hydrogen-bond donors (Lipinski definition) is 0. The van der Waals surface area contributed by atoms with Crippen LogP contribution in [0.5, 0.6) is 0 Å². The molecule has 1 aromatic heterocycles. The summed E-state index contributed by atoms with van der Waals surface area (Å²) in [7, 11) is 0. The number of amides is 1. The molecule has 0 radical (unpaired) electrons. The summed E-state index contributed by atoms with van der Waals surface area (Å²) in [6, 6.07) is 9.45. The van der Waals surface area contributed by atoms with Gasteiger partial charge in [0, 0.05) is 36.3 Å². The molecule has 3 heterocycles. The molecule has 5 nitrogen and oxygen atoms in total. The van der Waals surface area contributed by atoms with Gasteiger partial charge in [-0.1, -0.05) is 23.7 Å². The summed E-state index contributed by atoms with van der Waals surface area (Å²) in [5.74, 6) is -0.0924. The molecule has 0 bridgehead atoms.